The van der Waals surface area contributed by atoms with E-state index in [1.807, 2.05) is 0 Å². The monoisotopic (exact) mass is 288 g/mol. The van der Waals surface area contributed by atoms with Gasteiger partial charge in [-0.15, -0.1) is 0 Å². The molecule has 0 spiro atoms. The largest absolute Gasteiger partial charge is 0.478 e. The van der Waals surface area contributed by atoms with Crippen LogP contribution in [0.5, 0.6) is 0 Å². The van der Waals surface area contributed by atoms with Gasteiger partial charge in [0, 0.05) is 6.20 Å². The van der Waals surface area contributed by atoms with Gasteiger partial charge < -0.3 is 9.84 Å². The van der Waals surface area contributed by atoms with Crippen molar-refractivity contribution < 1.29 is 27.9 Å². The molecule has 9 heteroatoms. The average Bonchev–Trinajstić information content (AvgIpc) is 2.37. The van der Waals surface area contributed by atoms with Gasteiger partial charge in [-0.3, -0.25) is 4.79 Å². The molecule has 1 rings (SSSR count). The lowest BCUT2D eigenvalue weighted by Crippen LogP contribution is -2.39. The third-order valence-electron chi connectivity index (χ3n) is 2.15. The highest BCUT2D eigenvalue weighted by Crippen LogP contribution is 2.07. The van der Waals surface area contributed by atoms with E-state index in [-0.39, 0.29) is 10.6 Å². The SMILES string of the molecule is COC(=O)[C@H](C)NS(=O)(=O)c1ccc(C(=O)O)cn1. The molecule has 0 aliphatic heterocycles. The van der Waals surface area contributed by atoms with Gasteiger partial charge in [0.15, 0.2) is 5.03 Å². The zero-order chi connectivity index (χ0) is 14.6. The Balaban J connectivity index is 2.94. The van der Waals surface area contributed by atoms with E-state index in [2.05, 4.69) is 14.4 Å². The zero-order valence-corrected chi connectivity index (χ0v) is 11.0. The smallest absolute Gasteiger partial charge is 0.337 e. The summed E-state index contributed by atoms with van der Waals surface area (Å²) in [7, 11) is -2.88. The molecular weight excluding hydrogens is 276 g/mol. The molecule has 1 aromatic rings. The molecule has 0 fully saturated rings. The molecule has 19 heavy (non-hydrogen) atoms. The lowest BCUT2D eigenvalue weighted by molar-refractivity contribution is -0.142. The van der Waals surface area contributed by atoms with Crippen molar-refractivity contribution in [2.24, 2.45) is 0 Å². The lowest BCUT2D eigenvalue weighted by atomic mass is 10.3. The van der Waals surface area contributed by atoms with Crippen LogP contribution in [0.15, 0.2) is 23.4 Å². The Morgan fingerprint density at radius 2 is 2.05 bits per heavy atom. The number of sulfonamides is 1. The third kappa shape index (κ3) is 3.73. The van der Waals surface area contributed by atoms with E-state index < -0.39 is 28.0 Å². The second-order valence-corrected chi connectivity index (χ2v) is 5.22. The quantitative estimate of drug-likeness (QED) is 0.708. The number of hydrogen-bond acceptors (Lipinski definition) is 6. The van der Waals surface area contributed by atoms with Crippen LogP contribution in [0.4, 0.5) is 0 Å². The number of carbonyl (C=O) groups is 2. The molecular formula is C10H12N2O6S. The maximum absolute atomic E-state index is 11.8. The molecule has 0 aliphatic rings. The van der Waals surface area contributed by atoms with Crippen molar-refractivity contribution in [3.05, 3.63) is 23.9 Å². The van der Waals surface area contributed by atoms with Crippen molar-refractivity contribution in [3.63, 3.8) is 0 Å². The molecule has 0 unspecified atom stereocenters. The van der Waals surface area contributed by atoms with E-state index in [1.54, 1.807) is 0 Å². The fraction of sp³-hybridized carbons (Fsp3) is 0.300. The summed E-state index contributed by atoms with van der Waals surface area (Å²) in [6.45, 7) is 1.31. The predicted octanol–water partition coefficient (Wildman–Crippen LogP) is -0.380. The van der Waals surface area contributed by atoms with Crippen LogP contribution in [0.2, 0.25) is 0 Å². The van der Waals surface area contributed by atoms with Crippen molar-refractivity contribution in [1.29, 1.82) is 0 Å². The molecule has 104 valence electrons. The summed E-state index contributed by atoms with van der Waals surface area (Å²) in [4.78, 5) is 25.2. The molecule has 0 amide bonds. The number of aromatic nitrogens is 1. The predicted molar refractivity (Wildman–Crippen MR) is 63.0 cm³/mol. The number of carboxylic acids is 1. The first-order valence-electron chi connectivity index (χ1n) is 5.07. The standard InChI is InChI=1S/C10H12N2O6S/c1-6(10(15)18-2)12-19(16,17)8-4-3-7(5-11-8)9(13)14/h3-6,12H,1-2H3,(H,13,14)/t6-/m0/s1. The van der Waals surface area contributed by atoms with E-state index in [9.17, 15) is 18.0 Å². The van der Waals surface area contributed by atoms with Crippen LogP contribution >= 0.6 is 0 Å². The van der Waals surface area contributed by atoms with Crippen LogP contribution in [0.25, 0.3) is 0 Å². The summed E-state index contributed by atoms with van der Waals surface area (Å²) in [5, 5.41) is 8.28. The number of nitrogens with one attached hydrogen (secondary N) is 1. The number of carboxylic acid groups (broad SMARTS) is 1. The van der Waals surface area contributed by atoms with Crippen molar-refractivity contribution in [1.82, 2.24) is 9.71 Å². The van der Waals surface area contributed by atoms with Gasteiger partial charge in [-0.25, -0.2) is 18.2 Å². The van der Waals surface area contributed by atoms with Gasteiger partial charge in [0.2, 0.25) is 0 Å². The minimum absolute atomic E-state index is 0.139. The summed E-state index contributed by atoms with van der Waals surface area (Å²) in [5.74, 6) is -1.96. The summed E-state index contributed by atoms with van der Waals surface area (Å²) in [6.07, 6.45) is 0.916. The highest BCUT2D eigenvalue weighted by atomic mass is 32.2. The van der Waals surface area contributed by atoms with Crippen LogP contribution < -0.4 is 4.72 Å². The molecule has 0 radical (unpaired) electrons. The molecule has 8 nitrogen and oxygen atoms in total. The van der Waals surface area contributed by atoms with Gasteiger partial charge in [0.05, 0.1) is 12.7 Å². The van der Waals surface area contributed by atoms with Gasteiger partial charge in [0.25, 0.3) is 10.0 Å². The van der Waals surface area contributed by atoms with Gasteiger partial charge in [-0.05, 0) is 19.1 Å². The number of methoxy groups -OCH3 is 1. The number of ether oxygens (including phenoxy) is 1. The summed E-state index contributed by atoms with van der Waals surface area (Å²) >= 11 is 0. The number of pyridine rings is 1. The van der Waals surface area contributed by atoms with Gasteiger partial charge in [-0.2, -0.15) is 4.72 Å². The molecule has 2 N–H and O–H groups in total. The van der Waals surface area contributed by atoms with Gasteiger partial charge >= 0.3 is 11.9 Å². The Labute approximate surface area is 109 Å². The fourth-order valence-electron chi connectivity index (χ4n) is 1.18. The van der Waals surface area contributed by atoms with Crippen molar-refractivity contribution in [2.45, 2.75) is 18.0 Å². The van der Waals surface area contributed by atoms with Crippen LogP contribution in [0.1, 0.15) is 17.3 Å². The van der Waals surface area contributed by atoms with Crippen LogP contribution in [0, 0.1) is 0 Å². The van der Waals surface area contributed by atoms with Crippen molar-refractivity contribution in [2.75, 3.05) is 7.11 Å². The Bertz CT molecular complexity index is 581. The average molecular weight is 288 g/mol. The van der Waals surface area contributed by atoms with E-state index in [1.165, 1.54) is 6.92 Å². The summed E-state index contributed by atoms with van der Waals surface area (Å²) < 4.78 is 30.1. The topological polar surface area (TPSA) is 123 Å². The van der Waals surface area contributed by atoms with Gasteiger partial charge in [0.1, 0.15) is 6.04 Å². The highest BCUT2D eigenvalue weighted by Gasteiger charge is 2.23. The number of esters is 1. The normalized spacial score (nSPS) is 12.7. The van der Waals surface area contributed by atoms with Crippen LogP contribution in [0.3, 0.4) is 0 Å². The Morgan fingerprint density at radius 3 is 2.47 bits per heavy atom. The molecule has 0 saturated heterocycles. The minimum Gasteiger partial charge on any atom is -0.478 e. The van der Waals surface area contributed by atoms with Crippen molar-refractivity contribution >= 4 is 22.0 Å². The molecule has 1 aromatic heterocycles. The van der Waals surface area contributed by atoms with Crippen molar-refractivity contribution in [3.8, 4) is 0 Å². The number of hydrogen-bond donors (Lipinski definition) is 2. The highest BCUT2D eigenvalue weighted by molar-refractivity contribution is 7.89. The first kappa shape index (κ1) is 15.1. The Kier molecular flexibility index (Phi) is 4.57. The zero-order valence-electron chi connectivity index (χ0n) is 10.2. The maximum atomic E-state index is 11.8. The first-order valence-corrected chi connectivity index (χ1v) is 6.55. The van der Waals surface area contributed by atoms with Crippen LogP contribution in [-0.4, -0.2) is 43.6 Å². The second kappa shape index (κ2) is 5.76. The Morgan fingerprint density at radius 1 is 1.42 bits per heavy atom. The number of nitrogens with zero attached hydrogens (tertiary/aromatic N) is 1. The number of aromatic carboxylic acids is 1. The minimum atomic E-state index is -4.01. The van der Waals surface area contributed by atoms with E-state index >= 15 is 0 Å². The molecule has 1 heterocycles. The molecule has 0 bridgehead atoms. The second-order valence-electron chi connectivity index (χ2n) is 3.56. The number of carbonyl (C=O) groups excluding carboxylic acids is 1. The van der Waals surface area contributed by atoms with E-state index in [0.29, 0.717) is 0 Å². The summed E-state index contributed by atoms with van der Waals surface area (Å²) in [5.41, 5.74) is -0.139. The molecule has 1 atom stereocenters. The third-order valence-corrected chi connectivity index (χ3v) is 3.60. The summed E-state index contributed by atoms with van der Waals surface area (Å²) in [6, 6.07) is 1.07. The lowest BCUT2D eigenvalue weighted by Gasteiger charge is -2.11. The van der Waals surface area contributed by atoms with Crippen LogP contribution in [-0.2, 0) is 19.6 Å². The van der Waals surface area contributed by atoms with E-state index in [4.69, 9.17) is 5.11 Å². The maximum Gasteiger partial charge on any atom is 0.337 e. The number of rotatable bonds is 5. The molecule has 0 aromatic carbocycles. The Hall–Kier alpha value is -2.00. The molecule has 0 aliphatic carbocycles. The van der Waals surface area contributed by atoms with Gasteiger partial charge in [-0.1, -0.05) is 0 Å². The molecule has 0 saturated carbocycles. The first-order chi connectivity index (χ1) is 8.77. The fourth-order valence-corrected chi connectivity index (χ4v) is 2.30. The van der Waals surface area contributed by atoms with E-state index in [0.717, 1.165) is 25.4 Å².